The molecule has 0 atom stereocenters. The second kappa shape index (κ2) is 9.17. The highest BCUT2D eigenvalue weighted by Crippen LogP contribution is 2.51. The molecular weight excluding hydrogens is 466 g/mol. The van der Waals surface area contributed by atoms with Gasteiger partial charge in [-0.25, -0.2) is 0 Å². The first-order valence-corrected chi connectivity index (χ1v) is 12.8. The third-order valence-electron chi connectivity index (χ3n) is 6.89. The van der Waals surface area contributed by atoms with E-state index in [0.717, 1.165) is 17.7 Å². The molecule has 1 N–H and O–H groups in total. The van der Waals surface area contributed by atoms with Crippen molar-refractivity contribution in [2.45, 2.75) is 37.8 Å². The van der Waals surface area contributed by atoms with Gasteiger partial charge in [0.25, 0.3) is 11.8 Å². The Morgan fingerprint density at radius 3 is 2.53 bits per heavy atom. The quantitative estimate of drug-likeness (QED) is 0.432. The summed E-state index contributed by atoms with van der Waals surface area (Å²) in [6.07, 6.45) is 3.70. The van der Waals surface area contributed by atoms with Gasteiger partial charge in [-0.3, -0.25) is 9.59 Å². The number of amides is 2. The number of halogens is 1. The van der Waals surface area contributed by atoms with Crippen LogP contribution in [0.15, 0.2) is 54.6 Å². The summed E-state index contributed by atoms with van der Waals surface area (Å²) >= 11 is 7.18. The molecule has 5 rings (SSSR count). The Hall–Kier alpha value is -2.67. The van der Waals surface area contributed by atoms with E-state index < -0.39 is 0 Å². The van der Waals surface area contributed by atoms with Crippen LogP contribution in [-0.2, 0) is 18.5 Å². The minimum absolute atomic E-state index is 0.0520. The van der Waals surface area contributed by atoms with E-state index in [2.05, 4.69) is 48.6 Å². The summed E-state index contributed by atoms with van der Waals surface area (Å²) in [7, 11) is 4.25. The Morgan fingerprint density at radius 2 is 1.88 bits per heavy atom. The first-order valence-electron chi connectivity index (χ1n) is 11.6. The standard InChI is InChI=1S/C27H28ClN3O2S/c1-30(2)15-14-27(12-13-27)20-8-6-18(7-9-20)16-31-17-19-4-3-5-21(24(19)26(31)33)29-25(32)22-10-11-23(28)34-22/h3-11H,12-17H2,1-2H3,(H,29,32). The zero-order valence-electron chi connectivity index (χ0n) is 19.4. The number of hydrogen-bond donors (Lipinski definition) is 1. The van der Waals surface area contributed by atoms with E-state index in [-0.39, 0.29) is 11.8 Å². The number of anilines is 1. The molecule has 176 valence electrons. The molecule has 7 heteroatoms. The van der Waals surface area contributed by atoms with Crippen molar-refractivity contribution in [3.05, 3.63) is 86.1 Å². The molecule has 0 saturated heterocycles. The average Bonchev–Trinajstić information content (AvgIpc) is 3.38. The van der Waals surface area contributed by atoms with Crippen molar-refractivity contribution in [2.75, 3.05) is 26.0 Å². The number of rotatable bonds is 8. The van der Waals surface area contributed by atoms with Gasteiger partial charge in [0.1, 0.15) is 0 Å². The molecule has 5 nitrogen and oxygen atoms in total. The van der Waals surface area contributed by atoms with Crippen LogP contribution in [0, 0.1) is 0 Å². The highest BCUT2D eigenvalue weighted by atomic mass is 35.5. The summed E-state index contributed by atoms with van der Waals surface area (Å²) in [5, 5.41) is 2.90. The Labute approximate surface area is 209 Å². The van der Waals surface area contributed by atoms with E-state index in [1.807, 2.05) is 17.0 Å². The van der Waals surface area contributed by atoms with Crippen molar-refractivity contribution >= 4 is 40.4 Å². The topological polar surface area (TPSA) is 52.6 Å². The smallest absolute Gasteiger partial charge is 0.265 e. The number of nitrogens with zero attached hydrogens (tertiary/aromatic N) is 2. The van der Waals surface area contributed by atoms with Crippen LogP contribution < -0.4 is 5.32 Å². The van der Waals surface area contributed by atoms with Gasteiger partial charge in [-0.1, -0.05) is 48.0 Å². The number of nitrogens with one attached hydrogen (secondary N) is 1. The molecule has 0 radical (unpaired) electrons. The third kappa shape index (κ3) is 4.63. The van der Waals surface area contributed by atoms with Gasteiger partial charge < -0.3 is 15.1 Å². The molecule has 1 fully saturated rings. The monoisotopic (exact) mass is 493 g/mol. The van der Waals surface area contributed by atoms with Crippen LogP contribution in [0.3, 0.4) is 0 Å². The second-order valence-electron chi connectivity index (χ2n) is 9.59. The van der Waals surface area contributed by atoms with Crippen LogP contribution in [-0.4, -0.2) is 42.3 Å². The van der Waals surface area contributed by atoms with E-state index in [1.165, 1.54) is 36.2 Å². The number of thiophene rings is 1. The highest BCUT2D eigenvalue weighted by molar-refractivity contribution is 7.18. The third-order valence-corrected chi connectivity index (χ3v) is 8.12. The normalized spacial score (nSPS) is 16.1. The van der Waals surface area contributed by atoms with Crippen LogP contribution in [0.4, 0.5) is 5.69 Å². The molecule has 2 aromatic carbocycles. The number of hydrogen-bond acceptors (Lipinski definition) is 4. The maximum atomic E-state index is 13.3. The van der Waals surface area contributed by atoms with Crippen molar-refractivity contribution in [3.63, 3.8) is 0 Å². The van der Waals surface area contributed by atoms with Gasteiger partial charge in [0, 0.05) is 13.1 Å². The van der Waals surface area contributed by atoms with E-state index in [0.29, 0.717) is 39.0 Å². The molecule has 3 aromatic rings. The average molecular weight is 494 g/mol. The first kappa shape index (κ1) is 23.1. The molecule has 0 unspecified atom stereocenters. The van der Waals surface area contributed by atoms with Crippen molar-refractivity contribution < 1.29 is 9.59 Å². The Morgan fingerprint density at radius 1 is 1.12 bits per heavy atom. The predicted octanol–water partition coefficient (Wildman–Crippen LogP) is 5.79. The van der Waals surface area contributed by atoms with Gasteiger partial charge in [-0.2, -0.15) is 0 Å². The highest BCUT2D eigenvalue weighted by Gasteiger charge is 2.43. The van der Waals surface area contributed by atoms with Crippen molar-refractivity contribution in [1.29, 1.82) is 0 Å². The van der Waals surface area contributed by atoms with E-state index in [9.17, 15) is 9.59 Å². The largest absolute Gasteiger partial charge is 0.330 e. The molecular formula is C27H28ClN3O2S. The molecule has 1 aliphatic heterocycles. The zero-order valence-corrected chi connectivity index (χ0v) is 21.0. The maximum absolute atomic E-state index is 13.3. The Kier molecular flexibility index (Phi) is 6.23. The van der Waals surface area contributed by atoms with Gasteiger partial charge in [0.2, 0.25) is 0 Å². The van der Waals surface area contributed by atoms with Gasteiger partial charge >= 0.3 is 0 Å². The SMILES string of the molecule is CN(C)CCC1(c2ccc(CN3Cc4cccc(NC(=O)c5ccc(Cl)s5)c4C3=O)cc2)CC1. The minimum Gasteiger partial charge on any atom is -0.330 e. The number of carbonyl (C=O) groups excluding carboxylic acids is 2. The summed E-state index contributed by atoms with van der Waals surface area (Å²) < 4.78 is 0.557. The van der Waals surface area contributed by atoms with Crippen LogP contribution in [0.5, 0.6) is 0 Å². The number of fused-ring (bicyclic) bond motifs is 1. The van der Waals surface area contributed by atoms with Gasteiger partial charge in [-0.15, -0.1) is 11.3 Å². The van der Waals surface area contributed by atoms with Gasteiger partial charge in [0.05, 0.1) is 20.5 Å². The molecule has 0 spiro atoms. The van der Waals surface area contributed by atoms with Crippen LogP contribution in [0.25, 0.3) is 0 Å². The van der Waals surface area contributed by atoms with Crippen LogP contribution in [0.1, 0.15) is 56.0 Å². The summed E-state index contributed by atoms with van der Waals surface area (Å²) in [5.74, 6) is -0.306. The molecule has 2 amide bonds. The van der Waals surface area contributed by atoms with E-state index >= 15 is 0 Å². The predicted molar refractivity (Wildman–Crippen MR) is 138 cm³/mol. The van der Waals surface area contributed by atoms with Crippen LogP contribution in [0.2, 0.25) is 4.34 Å². The fourth-order valence-electron chi connectivity index (χ4n) is 4.73. The lowest BCUT2D eigenvalue weighted by Gasteiger charge is -2.20. The summed E-state index contributed by atoms with van der Waals surface area (Å²) in [6, 6.07) is 17.8. The number of benzene rings is 2. The molecule has 1 aromatic heterocycles. The first-order chi connectivity index (χ1) is 16.3. The zero-order chi connectivity index (χ0) is 23.9. The second-order valence-corrected chi connectivity index (χ2v) is 11.3. The Balaban J connectivity index is 1.27. The number of carbonyl (C=O) groups is 2. The van der Waals surface area contributed by atoms with E-state index in [4.69, 9.17) is 11.6 Å². The minimum atomic E-state index is -0.254. The fourth-order valence-corrected chi connectivity index (χ4v) is 5.67. The van der Waals surface area contributed by atoms with Crippen LogP contribution >= 0.6 is 22.9 Å². The van der Waals surface area contributed by atoms with Crippen molar-refractivity contribution in [1.82, 2.24) is 9.80 Å². The summed E-state index contributed by atoms with van der Waals surface area (Å²) in [5.41, 5.74) is 4.92. The molecule has 34 heavy (non-hydrogen) atoms. The lowest BCUT2D eigenvalue weighted by molar-refractivity contribution is 0.0767. The Bertz CT molecular complexity index is 1230. The fraction of sp³-hybridized carbons (Fsp3) is 0.333. The van der Waals surface area contributed by atoms with E-state index in [1.54, 1.807) is 18.2 Å². The lowest BCUT2D eigenvalue weighted by atomic mass is 9.91. The molecule has 1 saturated carbocycles. The summed E-state index contributed by atoms with van der Waals surface area (Å²) in [4.78, 5) is 30.5. The maximum Gasteiger partial charge on any atom is 0.265 e. The van der Waals surface area contributed by atoms with Crippen molar-refractivity contribution in [2.24, 2.45) is 0 Å². The van der Waals surface area contributed by atoms with Gasteiger partial charge in [0.15, 0.2) is 0 Å². The summed E-state index contributed by atoms with van der Waals surface area (Å²) in [6.45, 7) is 2.18. The molecule has 0 bridgehead atoms. The molecule has 1 aliphatic carbocycles. The van der Waals surface area contributed by atoms with Crippen molar-refractivity contribution in [3.8, 4) is 0 Å². The lowest BCUT2D eigenvalue weighted by Crippen LogP contribution is -2.24. The molecule has 2 aliphatic rings. The molecule has 2 heterocycles. The van der Waals surface area contributed by atoms with Gasteiger partial charge in [-0.05, 0) is 80.2 Å².